The Morgan fingerprint density at radius 1 is 1.00 bits per heavy atom. The van der Waals surface area contributed by atoms with Gasteiger partial charge in [0.25, 0.3) is 5.91 Å². The molecule has 2 aromatic rings. The lowest BCUT2D eigenvalue weighted by molar-refractivity contribution is -0.193. The van der Waals surface area contributed by atoms with E-state index >= 15 is 0 Å². The Labute approximate surface area is 216 Å². The molecule has 4 heterocycles. The molecule has 0 spiro atoms. The van der Waals surface area contributed by atoms with E-state index < -0.39 is 24.3 Å². The van der Waals surface area contributed by atoms with Crippen molar-refractivity contribution in [2.24, 2.45) is 0 Å². The number of rotatable bonds is 4. The van der Waals surface area contributed by atoms with E-state index in [-0.39, 0.29) is 18.1 Å². The van der Waals surface area contributed by atoms with Gasteiger partial charge in [0.15, 0.2) is 0 Å². The number of nitrogens with zero attached hydrogens (tertiary/aromatic N) is 4. The third kappa shape index (κ3) is 10.1. The van der Waals surface area contributed by atoms with Crippen LogP contribution in [-0.2, 0) is 20.9 Å². The van der Waals surface area contributed by atoms with E-state index in [0.29, 0.717) is 11.7 Å². The van der Waals surface area contributed by atoms with Crippen LogP contribution in [0.3, 0.4) is 0 Å². The monoisotopic (exact) mass is 567 g/mol. The van der Waals surface area contributed by atoms with E-state index in [1.807, 2.05) is 12.3 Å². The first-order chi connectivity index (χ1) is 18.2. The third-order valence-corrected chi connectivity index (χ3v) is 5.34. The number of fused-ring (bicyclic) bond motifs is 1. The minimum absolute atomic E-state index is 0.0195. The maximum atomic E-state index is 12.4. The molecular formula is C22H23F6N5O6. The van der Waals surface area contributed by atoms with Gasteiger partial charge in [-0.1, -0.05) is 6.07 Å². The summed E-state index contributed by atoms with van der Waals surface area (Å²) >= 11 is 0. The fourth-order valence-corrected chi connectivity index (χ4v) is 3.75. The minimum atomic E-state index is -5.08. The highest BCUT2D eigenvalue weighted by atomic mass is 19.4. The molecule has 2 fully saturated rings. The summed E-state index contributed by atoms with van der Waals surface area (Å²) in [6.45, 7) is 2.32. The molecular weight excluding hydrogens is 544 g/mol. The van der Waals surface area contributed by atoms with Crippen LogP contribution in [0.4, 0.5) is 26.3 Å². The number of ether oxygens (including phenoxy) is 1. The molecule has 3 atom stereocenters. The standard InChI is InChI=1S/C18H21N5O2.2C2HF3O2/c24-18(14-10-20-6-7-21-14)22-15-12-23(11-13-3-1-5-19-9-13)16-4-2-8-25-17(15)16;2*3-2(4,5)1(6)7/h1,3,5-7,9-10,15-17H,2,4,8,11-12H2,(H,22,24);2*(H,6,7)/t15-,16+,17+;;/m0../s1. The number of alkyl halides is 6. The average Bonchev–Trinajstić information content (AvgIpc) is 3.21. The first-order valence-corrected chi connectivity index (χ1v) is 11.1. The molecule has 4 rings (SSSR count). The topological polar surface area (TPSA) is 155 Å². The molecule has 2 aliphatic rings. The van der Waals surface area contributed by atoms with Gasteiger partial charge in [-0.15, -0.1) is 0 Å². The summed E-state index contributed by atoms with van der Waals surface area (Å²) in [6.07, 6.45) is 0.231. The molecule has 0 aliphatic carbocycles. The smallest absolute Gasteiger partial charge is 0.475 e. The largest absolute Gasteiger partial charge is 0.490 e. The summed E-state index contributed by atoms with van der Waals surface area (Å²) in [4.78, 5) is 44.9. The Balaban J connectivity index is 0.000000317. The molecule has 1 amide bonds. The number of carboxylic acids is 2. The summed E-state index contributed by atoms with van der Waals surface area (Å²) in [7, 11) is 0. The summed E-state index contributed by atoms with van der Waals surface area (Å²) in [5.41, 5.74) is 1.51. The third-order valence-electron chi connectivity index (χ3n) is 5.34. The molecule has 0 radical (unpaired) electrons. The number of pyridine rings is 1. The molecule has 0 bridgehead atoms. The van der Waals surface area contributed by atoms with Gasteiger partial charge in [-0.05, 0) is 24.5 Å². The zero-order valence-corrected chi connectivity index (χ0v) is 19.9. The van der Waals surface area contributed by atoms with E-state index in [0.717, 1.165) is 32.5 Å². The fraction of sp³-hybridized carbons (Fsp3) is 0.455. The number of carbonyl (C=O) groups is 3. The number of hydrogen-bond donors (Lipinski definition) is 3. The summed E-state index contributed by atoms with van der Waals surface area (Å²) in [6, 6.07) is 4.31. The second kappa shape index (κ2) is 13.8. The van der Waals surface area contributed by atoms with Crippen molar-refractivity contribution >= 4 is 17.8 Å². The molecule has 3 N–H and O–H groups in total. The van der Waals surface area contributed by atoms with Gasteiger partial charge in [0.1, 0.15) is 5.69 Å². The average molecular weight is 567 g/mol. The zero-order chi connectivity index (χ0) is 29.2. The van der Waals surface area contributed by atoms with Crippen molar-refractivity contribution in [3.63, 3.8) is 0 Å². The molecule has 0 unspecified atom stereocenters. The van der Waals surface area contributed by atoms with Crippen LogP contribution in [-0.4, -0.2) is 91.6 Å². The zero-order valence-electron chi connectivity index (χ0n) is 19.9. The molecule has 0 aromatic carbocycles. The lowest BCUT2D eigenvalue weighted by atomic mass is 10.0. The quantitative estimate of drug-likeness (QED) is 0.469. The summed E-state index contributed by atoms with van der Waals surface area (Å²) in [5.74, 6) is -5.71. The number of hydrogen-bond acceptors (Lipinski definition) is 8. The molecule has 2 aliphatic heterocycles. The molecule has 2 aromatic heterocycles. The van der Waals surface area contributed by atoms with Gasteiger partial charge in [0, 0.05) is 50.5 Å². The SMILES string of the molecule is O=C(N[C@H]1CN(Cc2cccnc2)[C@@H]2CCCO[C@H]12)c1cnccn1.O=C(O)C(F)(F)F.O=C(O)C(F)(F)F. The van der Waals surface area contributed by atoms with Crippen molar-refractivity contribution in [2.45, 2.75) is 49.9 Å². The van der Waals surface area contributed by atoms with Crippen LogP contribution in [0.1, 0.15) is 28.9 Å². The van der Waals surface area contributed by atoms with Crippen molar-refractivity contribution in [3.05, 3.63) is 54.4 Å². The Morgan fingerprint density at radius 3 is 2.13 bits per heavy atom. The number of aliphatic carboxylic acids is 2. The number of carboxylic acid groups (broad SMARTS) is 2. The van der Waals surface area contributed by atoms with Gasteiger partial charge in [-0.25, -0.2) is 14.6 Å². The summed E-state index contributed by atoms with van der Waals surface area (Å²) in [5, 5.41) is 17.3. The fourth-order valence-electron chi connectivity index (χ4n) is 3.75. The van der Waals surface area contributed by atoms with E-state index in [9.17, 15) is 31.1 Å². The van der Waals surface area contributed by atoms with Crippen molar-refractivity contribution < 1.29 is 55.7 Å². The molecule has 214 valence electrons. The van der Waals surface area contributed by atoms with Crippen LogP contribution in [0.5, 0.6) is 0 Å². The molecule has 17 heteroatoms. The lowest BCUT2D eigenvalue weighted by Crippen LogP contribution is -2.47. The maximum absolute atomic E-state index is 12.4. The van der Waals surface area contributed by atoms with Crippen molar-refractivity contribution in [1.82, 2.24) is 25.2 Å². The first kappa shape index (κ1) is 31.4. The van der Waals surface area contributed by atoms with Gasteiger partial charge in [0.05, 0.1) is 18.3 Å². The number of carbonyl (C=O) groups excluding carboxylic acids is 1. The van der Waals surface area contributed by atoms with E-state index in [4.69, 9.17) is 24.5 Å². The predicted octanol–water partition coefficient (Wildman–Crippen LogP) is 2.30. The second-order valence-electron chi connectivity index (χ2n) is 8.11. The number of aromatic nitrogens is 3. The molecule has 0 saturated carbocycles. The summed E-state index contributed by atoms with van der Waals surface area (Å²) < 4.78 is 69.5. The van der Waals surface area contributed by atoms with Crippen molar-refractivity contribution in [3.8, 4) is 0 Å². The number of nitrogens with one attached hydrogen (secondary N) is 1. The van der Waals surface area contributed by atoms with E-state index in [1.165, 1.54) is 18.0 Å². The van der Waals surface area contributed by atoms with Crippen LogP contribution >= 0.6 is 0 Å². The Morgan fingerprint density at radius 2 is 1.62 bits per heavy atom. The second-order valence-corrected chi connectivity index (χ2v) is 8.11. The molecule has 11 nitrogen and oxygen atoms in total. The number of halogens is 6. The number of likely N-dealkylation sites (tertiary alicyclic amines) is 1. The van der Waals surface area contributed by atoms with Gasteiger partial charge in [0.2, 0.25) is 0 Å². The van der Waals surface area contributed by atoms with Gasteiger partial charge in [-0.2, -0.15) is 26.3 Å². The van der Waals surface area contributed by atoms with Crippen LogP contribution in [0.2, 0.25) is 0 Å². The Kier molecular flexibility index (Phi) is 11.1. The Bertz CT molecular complexity index is 1070. The minimum Gasteiger partial charge on any atom is -0.475 e. The van der Waals surface area contributed by atoms with Crippen molar-refractivity contribution in [2.75, 3.05) is 13.2 Å². The van der Waals surface area contributed by atoms with Crippen LogP contribution in [0.25, 0.3) is 0 Å². The maximum Gasteiger partial charge on any atom is 0.490 e. The highest BCUT2D eigenvalue weighted by Gasteiger charge is 2.44. The molecule has 2 saturated heterocycles. The molecule has 39 heavy (non-hydrogen) atoms. The lowest BCUT2D eigenvalue weighted by Gasteiger charge is -2.32. The highest BCUT2D eigenvalue weighted by molar-refractivity contribution is 5.92. The van der Waals surface area contributed by atoms with Gasteiger partial charge >= 0.3 is 24.3 Å². The first-order valence-electron chi connectivity index (χ1n) is 11.1. The number of amides is 1. The predicted molar refractivity (Wildman–Crippen MR) is 118 cm³/mol. The van der Waals surface area contributed by atoms with E-state index in [1.54, 1.807) is 12.4 Å². The van der Waals surface area contributed by atoms with E-state index in [2.05, 4.69) is 31.2 Å². The Hall–Kier alpha value is -3.86. The highest BCUT2D eigenvalue weighted by Crippen LogP contribution is 2.30. The van der Waals surface area contributed by atoms with Gasteiger partial charge in [-0.3, -0.25) is 19.7 Å². The van der Waals surface area contributed by atoms with Gasteiger partial charge < -0.3 is 20.3 Å². The van der Waals surface area contributed by atoms with Crippen LogP contribution < -0.4 is 5.32 Å². The van der Waals surface area contributed by atoms with Crippen LogP contribution in [0.15, 0.2) is 43.1 Å². The normalized spacial score (nSPS) is 20.8. The van der Waals surface area contributed by atoms with Crippen LogP contribution in [0, 0.1) is 0 Å². The van der Waals surface area contributed by atoms with Crippen molar-refractivity contribution in [1.29, 1.82) is 0 Å².